The molecule has 2 rings (SSSR count). The summed E-state index contributed by atoms with van der Waals surface area (Å²) in [5.74, 6) is 0. The Morgan fingerprint density at radius 1 is 1.40 bits per heavy atom. The fraction of sp³-hybridized carbons (Fsp3) is 0.600. The molecule has 0 amide bonds. The minimum atomic E-state index is -0.212. The van der Waals surface area contributed by atoms with Crippen molar-refractivity contribution in [3.63, 3.8) is 0 Å². The van der Waals surface area contributed by atoms with Crippen LogP contribution in [0.3, 0.4) is 0 Å². The van der Waals surface area contributed by atoms with Crippen LogP contribution in [0.4, 0.5) is 0 Å². The molecule has 1 saturated carbocycles. The molecule has 0 bridgehead atoms. The van der Waals surface area contributed by atoms with Gasteiger partial charge in [0.15, 0.2) is 0 Å². The highest BCUT2D eigenvalue weighted by atomic mass is 35.5. The van der Waals surface area contributed by atoms with Crippen LogP contribution >= 0.6 is 24.2 Å². The molecule has 0 radical (unpaired) electrons. The molecule has 15 heavy (non-hydrogen) atoms. The van der Waals surface area contributed by atoms with Crippen molar-refractivity contribution in [1.29, 1.82) is 0 Å². The molecule has 3 nitrogen and oxygen atoms in total. The first-order chi connectivity index (χ1) is 7.20. The summed E-state index contributed by atoms with van der Waals surface area (Å²) in [5, 5.41) is 4.29. The average Bonchev–Trinajstić information content (AvgIpc) is 2.27. The van der Waals surface area contributed by atoms with Crippen molar-refractivity contribution in [2.24, 2.45) is 0 Å². The topological polar surface area (TPSA) is 34.9 Å². The van der Waals surface area contributed by atoms with Crippen molar-refractivity contribution in [2.45, 2.75) is 43.0 Å². The van der Waals surface area contributed by atoms with Crippen LogP contribution in [-0.4, -0.2) is 9.78 Å². The third-order valence-corrected chi connectivity index (χ3v) is 3.68. The maximum Gasteiger partial charge on any atom is 0.286 e. The zero-order valence-corrected chi connectivity index (χ0v) is 9.97. The normalized spacial score (nSPS) is 18.0. The Kier molecular flexibility index (Phi) is 3.36. The third kappa shape index (κ3) is 2.21. The Morgan fingerprint density at radius 2 is 2.07 bits per heavy atom. The van der Waals surface area contributed by atoms with Gasteiger partial charge in [0.25, 0.3) is 5.56 Å². The van der Waals surface area contributed by atoms with Crippen LogP contribution in [0.25, 0.3) is 0 Å². The Morgan fingerprint density at radius 3 is 2.73 bits per heavy atom. The molecule has 1 fully saturated rings. The van der Waals surface area contributed by atoms with Gasteiger partial charge >= 0.3 is 0 Å². The zero-order valence-electron chi connectivity index (χ0n) is 8.32. The summed E-state index contributed by atoms with van der Waals surface area (Å²) in [6, 6.07) is 0.220. The lowest BCUT2D eigenvalue weighted by Gasteiger charge is -2.22. The zero-order chi connectivity index (χ0) is 10.8. The van der Waals surface area contributed by atoms with Crippen molar-refractivity contribution >= 4 is 24.2 Å². The van der Waals surface area contributed by atoms with Crippen LogP contribution < -0.4 is 5.56 Å². The number of hydrogen-bond acceptors (Lipinski definition) is 3. The lowest BCUT2D eigenvalue weighted by molar-refractivity contribution is 0.317. The maximum absolute atomic E-state index is 11.8. The van der Waals surface area contributed by atoms with Gasteiger partial charge in [0.05, 0.1) is 12.2 Å². The number of rotatable bonds is 1. The van der Waals surface area contributed by atoms with E-state index in [1.165, 1.54) is 23.9 Å². The molecule has 1 heterocycles. The molecule has 1 aromatic rings. The second-order valence-electron chi connectivity index (χ2n) is 3.89. The van der Waals surface area contributed by atoms with Gasteiger partial charge in [-0.1, -0.05) is 30.9 Å². The van der Waals surface area contributed by atoms with Gasteiger partial charge < -0.3 is 0 Å². The van der Waals surface area contributed by atoms with Gasteiger partial charge in [0, 0.05) is 4.90 Å². The van der Waals surface area contributed by atoms with Crippen LogP contribution in [0, 0.1) is 0 Å². The summed E-state index contributed by atoms with van der Waals surface area (Å²) in [4.78, 5) is 12.3. The van der Waals surface area contributed by atoms with Crippen LogP contribution in [0.15, 0.2) is 15.9 Å². The summed E-state index contributed by atoms with van der Waals surface area (Å²) < 4.78 is 1.52. The smallest absolute Gasteiger partial charge is 0.266 e. The standard InChI is InChI=1S/C10H13ClN2OS/c11-9-8(15)6-12-13(10(9)14)7-4-2-1-3-5-7/h6-7,15H,1-5H2. The minimum absolute atomic E-state index is 0.180. The Bertz CT molecular complexity index is 412. The quantitative estimate of drug-likeness (QED) is 0.771. The Hall–Kier alpha value is -0.480. The maximum atomic E-state index is 11.8. The van der Waals surface area contributed by atoms with Crippen LogP contribution in [0.1, 0.15) is 38.1 Å². The fourth-order valence-electron chi connectivity index (χ4n) is 2.02. The number of thiol groups is 1. The van der Waals surface area contributed by atoms with Crippen molar-refractivity contribution in [1.82, 2.24) is 9.78 Å². The lowest BCUT2D eigenvalue weighted by Crippen LogP contribution is -2.29. The molecule has 0 spiro atoms. The van der Waals surface area contributed by atoms with Gasteiger partial charge in [-0.2, -0.15) is 5.10 Å². The molecule has 82 valence electrons. The van der Waals surface area contributed by atoms with E-state index in [1.807, 2.05) is 0 Å². The highest BCUT2D eigenvalue weighted by Gasteiger charge is 2.18. The second-order valence-corrected chi connectivity index (χ2v) is 4.75. The third-order valence-electron chi connectivity index (χ3n) is 2.85. The highest BCUT2D eigenvalue weighted by molar-refractivity contribution is 7.80. The molecule has 0 N–H and O–H groups in total. The van der Waals surface area contributed by atoms with E-state index in [0.717, 1.165) is 12.8 Å². The van der Waals surface area contributed by atoms with Crippen LogP contribution in [-0.2, 0) is 0 Å². The van der Waals surface area contributed by atoms with E-state index in [-0.39, 0.29) is 16.6 Å². The predicted octanol–water partition coefficient (Wildman–Crippen LogP) is 2.69. The second kappa shape index (κ2) is 4.58. The molecule has 0 aliphatic heterocycles. The van der Waals surface area contributed by atoms with E-state index in [0.29, 0.717) is 4.90 Å². The van der Waals surface area contributed by atoms with E-state index in [9.17, 15) is 4.79 Å². The van der Waals surface area contributed by atoms with E-state index >= 15 is 0 Å². The largest absolute Gasteiger partial charge is 0.286 e. The van der Waals surface area contributed by atoms with E-state index in [1.54, 1.807) is 6.20 Å². The Labute approximate surface area is 98.9 Å². The van der Waals surface area contributed by atoms with Gasteiger partial charge in [-0.05, 0) is 12.8 Å². The molecule has 1 aromatic heterocycles. The van der Waals surface area contributed by atoms with Crippen molar-refractivity contribution < 1.29 is 0 Å². The van der Waals surface area contributed by atoms with E-state index in [4.69, 9.17) is 11.6 Å². The summed E-state index contributed by atoms with van der Waals surface area (Å²) in [6.45, 7) is 0. The molecule has 1 aliphatic rings. The minimum Gasteiger partial charge on any atom is -0.266 e. The predicted molar refractivity (Wildman–Crippen MR) is 62.9 cm³/mol. The SMILES string of the molecule is O=c1c(Cl)c(S)cnn1C1CCCCC1. The monoisotopic (exact) mass is 244 g/mol. The summed E-state index contributed by atoms with van der Waals surface area (Å²) in [5.41, 5.74) is -0.212. The van der Waals surface area contributed by atoms with Gasteiger partial charge in [0.1, 0.15) is 5.02 Å². The fourth-order valence-corrected chi connectivity index (χ4v) is 2.30. The molecule has 0 aromatic carbocycles. The first-order valence-corrected chi connectivity index (χ1v) is 5.99. The van der Waals surface area contributed by atoms with E-state index in [2.05, 4.69) is 17.7 Å². The lowest BCUT2D eigenvalue weighted by atomic mass is 9.96. The van der Waals surface area contributed by atoms with Crippen molar-refractivity contribution in [2.75, 3.05) is 0 Å². The number of aromatic nitrogens is 2. The van der Waals surface area contributed by atoms with E-state index < -0.39 is 0 Å². The van der Waals surface area contributed by atoms with Crippen LogP contribution in [0.5, 0.6) is 0 Å². The summed E-state index contributed by atoms with van der Waals surface area (Å²) in [6.07, 6.45) is 7.17. The molecular formula is C10H13ClN2OS. The van der Waals surface area contributed by atoms with Crippen LogP contribution in [0.2, 0.25) is 5.02 Å². The van der Waals surface area contributed by atoms with Gasteiger partial charge in [-0.25, -0.2) is 4.68 Å². The Balaban J connectivity index is 2.35. The summed E-state index contributed by atoms with van der Waals surface area (Å²) in [7, 11) is 0. The van der Waals surface area contributed by atoms with Crippen molar-refractivity contribution in [3.05, 3.63) is 21.6 Å². The van der Waals surface area contributed by atoms with Gasteiger partial charge in [0.2, 0.25) is 0 Å². The van der Waals surface area contributed by atoms with Gasteiger partial charge in [-0.3, -0.25) is 4.79 Å². The van der Waals surface area contributed by atoms with Crippen molar-refractivity contribution in [3.8, 4) is 0 Å². The molecule has 0 unspecified atom stereocenters. The average molecular weight is 245 g/mol. The van der Waals surface area contributed by atoms with Gasteiger partial charge in [-0.15, -0.1) is 12.6 Å². The number of halogens is 1. The molecule has 0 saturated heterocycles. The first kappa shape index (κ1) is 11.0. The highest BCUT2D eigenvalue weighted by Crippen LogP contribution is 2.26. The summed E-state index contributed by atoms with van der Waals surface area (Å²) >= 11 is 9.92. The number of nitrogens with zero attached hydrogens (tertiary/aromatic N) is 2. The molecule has 0 atom stereocenters. The molecular weight excluding hydrogens is 232 g/mol. The molecule has 5 heteroatoms. The molecule has 1 aliphatic carbocycles. The first-order valence-electron chi connectivity index (χ1n) is 5.16. The number of hydrogen-bond donors (Lipinski definition) is 1.